The van der Waals surface area contributed by atoms with E-state index in [1.165, 1.54) is 45.3 Å². The van der Waals surface area contributed by atoms with Crippen LogP contribution in [0.15, 0.2) is 0 Å². The van der Waals surface area contributed by atoms with Gasteiger partial charge in [-0.25, -0.2) is 0 Å². The van der Waals surface area contributed by atoms with E-state index in [1.807, 2.05) is 0 Å². The fraction of sp³-hybridized carbons (Fsp3) is 1.00. The van der Waals surface area contributed by atoms with Gasteiger partial charge in [-0.05, 0) is 31.1 Å². The number of ether oxygens (including phenoxy) is 1. The topological polar surface area (TPSA) is 24.5 Å². The molecule has 3 heteroatoms. The molecule has 2 heterocycles. The van der Waals surface area contributed by atoms with Gasteiger partial charge >= 0.3 is 0 Å². The number of nitrogens with zero attached hydrogens (tertiary/aromatic N) is 1. The van der Waals surface area contributed by atoms with Gasteiger partial charge in [-0.3, -0.25) is 4.90 Å². The van der Waals surface area contributed by atoms with E-state index in [-0.39, 0.29) is 0 Å². The van der Waals surface area contributed by atoms with Crippen LogP contribution < -0.4 is 5.32 Å². The van der Waals surface area contributed by atoms with Crippen molar-refractivity contribution in [2.45, 2.75) is 58.5 Å². The predicted molar refractivity (Wildman–Crippen MR) is 80.4 cm³/mol. The molecule has 2 saturated heterocycles. The van der Waals surface area contributed by atoms with Gasteiger partial charge in [0.25, 0.3) is 0 Å². The van der Waals surface area contributed by atoms with Crippen LogP contribution in [0.4, 0.5) is 0 Å². The Morgan fingerprint density at radius 3 is 2.84 bits per heavy atom. The average Bonchev–Trinajstić information content (AvgIpc) is 2.85. The molecule has 0 aromatic heterocycles. The molecule has 2 fully saturated rings. The Kier molecular flexibility index (Phi) is 6.11. The van der Waals surface area contributed by atoms with Gasteiger partial charge in [-0.15, -0.1) is 0 Å². The van der Waals surface area contributed by atoms with Crippen molar-refractivity contribution in [1.82, 2.24) is 10.2 Å². The molecule has 0 aliphatic carbocycles. The monoisotopic (exact) mass is 268 g/mol. The maximum absolute atomic E-state index is 5.55. The molecule has 112 valence electrons. The summed E-state index contributed by atoms with van der Waals surface area (Å²) < 4.78 is 5.55. The number of nitrogens with one attached hydrogen (secondary N) is 1. The minimum absolute atomic E-state index is 0.704. The van der Waals surface area contributed by atoms with Gasteiger partial charge in [0.1, 0.15) is 0 Å². The Bertz CT molecular complexity index is 251. The Hall–Kier alpha value is -0.120. The number of rotatable bonds is 6. The summed E-state index contributed by atoms with van der Waals surface area (Å²) in [4.78, 5) is 2.76. The van der Waals surface area contributed by atoms with Crippen LogP contribution in [0.2, 0.25) is 0 Å². The SMILES string of the molecule is CCCC1CN(CC2CCOC2)C(CC(C)C)CN1. The molecule has 0 aromatic rings. The second-order valence-corrected chi connectivity index (χ2v) is 6.86. The first-order valence-corrected chi connectivity index (χ1v) is 8.24. The summed E-state index contributed by atoms with van der Waals surface area (Å²) >= 11 is 0. The average molecular weight is 268 g/mol. The fourth-order valence-corrected chi connectivity index (χ4v) is 3.53. The molecule has 2 aliphatic heterocycles. The zero-order valence-electron chi connectivity index (χ0n) is 13.0. The summed E-state index contributed by atoms with van der Waals surface area (Å²) in [6.07, 6.45) is 5.18. The van der Waals surface area contributed by atoms with Gasteiger partial charge in [0.2, 0.25) is 0 Å². The lowest BCUT2D eigenvalue weighted by atomic mass is 9.96. The lowest BCUT2D eigenvalue weighted by Crippen LogP contribution is -2.57. The molecular formula is C16H32N2O. The third-order valence-electron chi connectivity index (χ3n) is 4.51. The van der Waals surface area contributed by atoms with E-state index < -0.39 is 0 Å². The number of piperazine rings is 1. The highest BCUT2D eigenvalue weighted by atomic mass is 16.5. The summed E-state index contributed by atoms with van der Waals surface area (Å²) in [5.41, 5.74) is 0. The second-order valence-electron chi connectivity index (χ2n) is 6.86. The van der Waals surface area contributed by atoms with Crippen molar-refractivity contribution in [3.05, 3.63) is 0 Å². The molecule has 3 nitrogen and oxygen atoms in total. The Morgan fingerprint density at radius 2 is 2.21 bits per heavy atom. The predicted octanol–water partition coefficient (Wildman–Crippen LogP) is 2.51. The molecule has 0 radical (unpaired) electrons. The van der Waals surface area contributed by atoms with Crippen molar-refractivity contribution in [1.29, 1.82) is 0 Å². The molecule has 0 aromatic carbocycles. The van der Waals surface area contributed by atoms with E-state index in [0.717, 1.165) is 31.1 Å². The van der Waals surface area contributed by atoms with Gasteiger partial charge < -0.3 is 10.1 Å². The van der Waals surface area contributed by atoms with Crippen molar-refractivity contribution in [3.63, 3.8) is 0 Å². The minimum Gasteiger partial charge on any atom is -0.381 e. The molecule has 2 rings (SSSR count). The Labute approximate surface area is 119 Å². The molecule has 3 unspecified atom stereocenters. The molecule has 0 spiro atoms. The quantitative estimate of drug-likeness (QED) is 0.801. The maximum Gasteiger partial charge on any atom is 0.0507 e. The molecule has 0 amide bonds. The summed E-state index contributed by atoms with van der Waals surface area (Å²) in [6, 6.07) is 1.43. The number of hydrogen-bond acceptors (Lipinski definition) is 3. The third kappa shape index (κ3) is 4.73. The van der Waals surface area contributed by atoms with Crippen molar-refractivity contribution in [2.75, 3.05) is 32.8 Å². The van der Waals surface area contributed by atoms with E-state index in [2.05, 4.69) is 31.0 Å². The highest BCUT2D eigenvalue weighted by Crippen LogP contribution is 2.21. The Morgan fingerprint density at radius 1 is 1.37 bits per heavy atom. The van der Waals surface area contributed by atoms with Gasteiger partial charge in [0.05, 0.1) is 6.61 Å². The summed E-state index contributed by atoms with van der Waals surface area (Å²) in [7, 11) is 0. The van der Waals surface area contributed by atoms with Crippen LogP contribution in [-0.2, 0) is 4.74 Å². The van der Waals surface area contributed by atoms with Crippen LogP contribution in [0.1, 0.15) is 46.5 Å². The van der Waals surface area contributed by atoms with Gasteiger partial charge in [0, 0.05) is 38.3 Å². The highest BCUT2D eigenvalue weighted by Gasteiger charge is 2.30. The lowest BCUT2D eigenvalue weighted by Gasteiger charge is -2.42. The zero-order chi connectivity index (χ0) is 13.7. The van der Waals surface area contributed by atoms with Gasteiger partial charge in [0.15, 0.2) is 0 Å². The van der Waals surface area contributed by atoms with E-state index in [0.29, 0.717) is 6.04 Å². The zero-order valence-corrected chi connectivity index (χ0v) is 13.0. The first-order chi connectivity index (χ1) is 9.19. The van der Waals surface area contributed by atoms with Crippen LogP contribution in [-0.4, -0.2) is 49.8 Å². The van der Waals surface area contributed by atoms with Crippen molar-refractivity contribution < 1.29 is 4.74 Å². The molecule has 3 atom stereocenters. The van der Waals surface area contributed by atoms with Crippen LogP contribution in [0.25, 0.3) is 0 Å². The van der Waals surface area contributed by atoms with E-state index in [4.69, 9.17) is 4.74 Å². The largest absolute Gasteiger partial charge is 0.381 e. The normalized spacial score (nSPS) is 33.2. The summed E-state index contributed by atoms with van der Waals surface area (Å²) in [5.74, 6) is 1.56. The molecule has 2 aliphatic rings. The Balaban J connectivity index is 1.89. The minimum atomic E-state index is 0.704. The first-order valence-electron chi connectivity index (χ1n) is 8.24. The second kappa shape index (κ2) is 7.61. The van der Waals surface area contributed by atoms with Crippen molar-refractivity contribution in [2.24, 2.45) is 11.8 Å². The maximum atomic E-state index is 5.55. The molecule has 1 N–H and O–H groups in total. The van der Waals surface area contributed by atoms with Gasteiger partial charge in [-0.1, -0.05) is 27.2 Å². The van der Waals surface area contributed by atoms with Gasteiger partial charge in [-0.2, -0.15) is 0 Å². The smallest absolute Gasteiger partial charge is 0.0507 e. The van der Waals surface area contributed by atoms with Crippen LogP contribution >= 0.6 is 0 Å². The lowest BCUT2D eigenvalue weighted by molar-refractivity contribution is 0.0875. The summed E-state index contributed by atoms with van der Waals surface area (Å²) in [6.45, 7) is 12.6. The molecule has 19 heavy (non-hydrogen) atoms. The standard InChI is InChI=1S/C16H32N2O/c1-4-5-15-11-18(10-14-6-7-19-12-14)16(9-17-15)8-13(2)3/h13-17H,4-12H2,1-3H3. The third-order valence-corrected chi connectivity index (χ3v) is 4.51. The summed E-state index contributed by atoms with van der Waals surface area (Å²) in [5, 5.41) is 3.76. The van der Waals surface area contributed by atoms with Crippen LogP contribution in [0, 0.1) is 11.8 Å². The molecular weight excluding hydrogens is 236 g/mol. The van der Waals surface area contributed by atoms with Crippen LogP contribution in [0.5, 0.6) is 0 Å². The molecule has 0 saturated carbocycles. The first kappa shape index (κ1) is 15.3. The molecule has 0 bridgehead atoms. The van der Waals surface area contributed by atoms with Crippen LogP contribution in [0.3, 0.4) is 0 Å². The highest BCUT2D eigenvalue weighted by molar-refractivity contribution is 4.88. The van der Waals surface area contributed by atoms with E-state index in [1.54, 1.807) is 0 Å². The number of hydrogen-bond donors (Lipinski definition) is 1. The van der Waals surface area contributed by atoms with E-state index in [9.17, 15) is 0 Å². The fourth-order valence-electron chi connectivity index (χ4n) is 3.53. The van der Waals surface area contributed by atoms with E-state index >= 15 is 0 Å². The van der Waals surface area contributed by atoms with Crippen molar-refractivity contribution in [3.8, 4) is 0 Å². The van der Waals surface area contributed by atoms with Crippen molar-refractivity contribution >= 4 is 0 Å².